The zero-order valence-corrected chi connectivity index (χ0v) is 8.69. The summed E-state index contributed by atoms with van der Waals surface area (Å²) < 4.78 is 26.8. The molecular weight excluding hydrogens is 234 g/mol. The SMILES string of the molecule is O=[N+]([O-])c1cc(F)c(NC2CC(O)C2)c(F)c1. The zero-order chi connectivity index (χ0) is 12.6. The lowest BCUT2D eigenvalue weighted by Crippen LogP contribution is -2.39. The monoisotopic (exact) mass is 244 g/mol. The van der Waals surface area contributed by atoms with Gasteiger partial charge in [0.15, 0.2) is 11.6 Å². The number of nitrogens with one attached hydrogen (secondary N) is 1. The maximum atomic E-state index is 13.4. The number of non-ortho nitro benzene ring substituents is 1. The van der Waals surface area contributed by atoms with Crippen molar-refractivity contribution in [3.8, 4) is 0 Å². The molecule has 0 aromatic heterocycles. The molecule has 0 saturated heterocycles. The van der Waals surface area contributed by atoms with Gasteiger partial charge in [-0.25, -0.2) is 8.78 Å². The largest absolute Gasteiger partial charge is 0.393 e. The summed E-state index contributed by atoms with van der Waals surface area (Å²) in [5.74, 6) is -2.00. The van der Waals surface area contributed by atoms with E-state index < -0.39 is 28.3 Å². The third kappa shape index (κ3) is 2.33. The highest BCUT2D eigenvalue weighted by atomic mass is 19.1. The molecule has 17 heavy (non-hydrogen) atoms. The maximum Gasteiger partial charge on any atom is 0.275 e. The van der Waals surface area contributed by atoms with Gasteiger partial charge in [-0.3, -0.25) is 10.1 Å². The Labute approximate surface area is 95.2 Å². The normalized spacial score (nSPS) is 23.0. The summed E-state index contributed by atoms with van der Waals surface area (Å²) in [6.45, 7) is 0. The van der Waals surface area contributed by atoms with E-state index in [-0.39, 0.29) is 11.7 Å². The fourth-order valence-corrected chi connectivity index (χ4v) is 1.71. The van der Waals surface area contributed by atoms with Gasteiger partial charge in [0.05, 0.1) is 23.2 Å². The molecule has 92 valence electrons. The highest BCUT2D eigenvalue weighted by Gasteiger charge is 2.29. The average Bonchev–Trinajstić information content (AvgIpc) is 2.19. The minimum Gasteiger partial charge on any atom is -0.393 e. The van der Waals surface area contributed by atoms with E-state index in [1.807, 2.05) is 0 Å². The highest BCUT2D eigenvalue weighted by molar-refractivity contribution is 5.52. The van der Waals surface area contributed by atoms with Crippen LogP contribution in [0.25, 0.3) is 0 Å². The Morgan fingerprint density at radius 2 is 1.88 bits per heavy atom. The van der Waals surface area contributed by atoms with Gasteiger partial charge < -0.3 is 10.4 Å². The standard InChI is InChI=1S/C10H10F2N2O3/c11-8-3-6(14(16)17)4-9(12)10(8)13-5-1-7(15)2-5/h3-5,7,13,15H,1-2H2. The summed E-state index contributed by atoms with van der Waals surface area (Å²) >= 11 is 0. The number of hydrogen-bond acceptors (Lipinski definition) is 4. The number of benzene rings is 1. The number of halogens is 2. The molecule has 1 aliphatic rings. The highest BCUT2D eigenvalue weighted by Crippen LogP contribution is 2.29. The smallest absolute Gasteiger partial charge is 0.275 e. The minimum absolute atomic E-state index is 0.199. The van der Waals surface area contributed by atoms with Crippen molar-refractivity contribution in [2.24, 2.45) is 0 Å². The van der Waals surface area contributed by atoms with Crippen LogP contribution in [0.3, 0.4) is 0 Å². The minimum atomic E-state index is -1.00. The van der Waals surface area contributed by atoms with E-state index in [0.717, 1.165) is 0 Å². The molecule has 2 rings (SSSR count). The lowest BCUT2D eigenvalue weighted by Gasteiger charge is -2.32. The molecule has 0 bridgehead atoms. The first kappa shape index (κ1) is 11.7. The third-order valence-electron chi connectivity index (χ3n) is 2.70. The van der Waals surface area contributed by atoms with Gasteiger partial charge in [0.25, 0.3) is 5.69 Å². The van der Waals surface area contributed by atoms with E-state index in [9.17, 15) is 18.9 Å². The van der Waals surface area contributed by atoms with Crippen LogP contribution in [0, 0.1) is 21.7 Å². The number of nitro groups is 1. The number of nitrogens with zero attached hydrogens (tertiary/aromatic N) is 1. The molecule has 1 saturated carbocycles. The molecule has 2 N–H and O–H groups in total. The Bertz CT molecular complexity index is 438. The van der Waals surface area contributed by atoms with Crippen LogP contribution in [0.5, 0.6) is 0 Å². The topological polar surface area (TPSA) is 75.4 Å². The maximum absolute atomic E-state index is 13.4. The molecule has 0 spiro atoms. The zero-order valence-electron chi connectivity index (χ0n) is 8.69. The van der Waals surface area contributed by atoms with E-state index in [1.54, 1.807) is 0 Å². The fourth-order valence-electron chi connectivity index (χ4n) is 1.71. The first-order chi connectivity index (χ1) is 7.97. The second-order valence-corrected chi connectivity index (χ2v) is 4.01. The predicted octanol–water partition coefficient (Wildman–Crippen LogP) is 1.81. The molecule has 0 aliphatic heterocycles. The summed E-state index contributed by atoms with van der Waals surface area (Å²) in [4.78, 5) is 9.51. The Kier molecular flexibility index (Phi) is 2.93. The lowest BCUT2D eigenvalue weighted by molar-refractivity contribution is -0.385. The molecule has 0 amide bonds. The van der Waals surface area contributed by atoms with Crippen LogP contribution in [0.1, 0.15) is 12.8 Å². The average molecular weight is 244 g/mol. The molecular formula is C10H10F2N2O3. The fraction of sp³-hybridized carbons (Fsp3) is 0.400. The van der Waals surface area contributed by atoms with Crippen molar-refractivity contribution in [2.45, 2.75) is 25.0 Å². The predicted molar refractivity (Wildman–Crippen MR) is 55.7 cm³/mol. The second-order valence-electron chi connectivity index (χ2n) is 4.01. The van der Waals surface area contributed by atoms with Crippen molar-refractivity contribution in [3.63, 3.8) is 0 Å². The summed E-state index contributed by atoms with van der Waals surface area (Å²) in [6, 6.07) is 1.14. The van der Waals surface area contributed by atoms with Crippen LogP contribution < -0.4 is 5.32 Å². The number of aliphatic hydroxyl groups excluding tert-OH is 1. The van der Waals surface area contributed by atoms with Crippen LogP contribution >= 0.6 is 0 Å². The van der Waals surface area contributed by atoms with Crippen molar-refractivity contribution >= 4 is 11.4 Å². The molecule has 7 heteroatoms. The van der Waals surface area contributed by atoms with E-state index in [0.29, 0.717) is 25.0 Å². The van der Waals surface area contributed by atoms with Gasteiger partial charge in [-0.2, -0.15) is 0 Å². The summed E-state index contributed by atoms with van der Waals surface area (Å²) in [5, 5.41) is 22.0. The van der Waals surface area contributed by atoms with Gasteiger partial charge in [-0.1, -0.05) is 0 Å². The molecule has 1 aliphatic carbocycles. The summed E-state index contributed by atoms with van der Waals surface area (Å²) in [5.41, 5.74) is -1.01. The third-order valence-corrected chi connectivity index (χ3v) is 2.70. The second kappa shape index (κ2) is 4.25. The Morgan fingerprint density at radius 1 is 1.35 bits per heavy atom. The Hall–Kier alpha value is -1.76. The van der Waals surface area contributed by atoms with Gasteiger partial charge >= 0.3 is 0 Å². The molecule has 0 radical (unpaired) electrons. The van der Waals surface area contributed by atoms with Crippen molar-refractivity contribution in [3.05, 3.63) is 33.9 Å². The molecule has 5 nitrogen and oxygen atoms in total. The summed E-state index contributed by atoms with van der Waals surface area (Å²) in [7, 11) is 0. The quantitative estimate of drug-likeness (QED) is 0.628. The van der Waals surface area contributed by atoms with Crippen LogP contribution in [0.4, 0.5) is 20.2 Å². The van der Waals surface area contributed by atoms with Crippen LogP contribution in [-0.2, 0) is 0 Å². The van der Waals surface area contributed by atoms with Gasteiger partial charge in [0, 0.05) is 6.04 Å². The molecule has 1 fully saturated rings. The first-order valence-corrected chi connectivity index (χ1v) is 5.05. The molecule has 1 aromatic rings. The number of aliphatic hydroxyl groups is 1. The van der Waals surface area contributed by atoms with Crippen molar-refractivity contribution in [1.82, 2.24) is 0 Å². The number of hydrogen-bond donors (Lipinski definition) is 2. The van der Waals surface area contributed by atoms with Crippen LogP contribution in [-0.4, -0.2) is 22.2 Å². The van der Waals surface area contributed by atoms with Gasteiger partial charge in [-0.05, 0) is 12.8 Å². The van der Waals surface area contributed by atoms with Crippen molar-refractivity contribution in [2.75, 3.05) is 5.32 Å². The van der Waals surface area contributed by atoms with E-state index in [2.05, 4.69) is 5.32 Å². The number of anilines is 1. The van der Waals surface area contributed by atoms with E-state index in [1.165, 1.54) is 0 Å². The van der Waals surface area contributed by atoms with Crippen LogP contribution in [0.15, 0.2) is 12.1 Å². The van der Waals surface area contributed by atoms with Crippen molar-refractivity contribution < 1.29 is 18.8 Å². The van der Waals surface area contributed by atoms with E-state index >= 15 is 0 Å². The molecule has 1 aromatic carbocycles. The Morgan fingerprint density at radius 3 is 2.29 bits per heavy atom. The van der Waals surface area contributed by atoms with Crippen LogP contribution in [0.2, 0.25) is 0 Å². The number of nitro benzene ring substituents is 1. The van der Waals surface area contributed by atoms with Crippen molar-refractivity contribution in [1.29, 1.82) is 0 Å². The molecule has 0 atom stereocenters. The lowest BCUT2D eigenvalue weighted by atomic mass is 9.89. The molecule has 0 unspecified atom stereocenters. The van der Waals surface area contributed by atoms with Gasteiger partial charge in [0.2, 0.25) is 0 Å². The van der Waals surface area contributed by atoms with E-state index in [4.69, 9.17) is 5.11 Å². The Balaban J connectivity index is 2.20. The molecule has 0 heterocycles. The first-order valence-electron chi connectivity index (χ1n) is 5.05. The van der Waals surface area contributed by atoms with Gasteiger partial charge in [0.1, 0.15) is 5.69 Å². The summed E-state index contributed by atoms with van der Waals surface area (Å²) in [6.07, 6.45) is 0.378. The van der Waals surface area contributed by atoms with Gasteiger partial charge in [-0.15, -0.1) is 0 Å². The number of rotatable bonds is 3.